The quantitative estimate of drug-likeness (QED) is 0.316. The number of rotatable bonds is 7. The summed E-state index contributed by atoms with van der Waals surface area (Å²) in [6, 6.07) is 8.98. The molecule has 1 amide bonds. The summed E-state index contributed by atoms with van der Waals surface area (Å²) in [5.74, 6) is -1.81. The van der Waals surface area contributed by atoms with Crippen molar-refractivity contribution in [2.24, 2.45) is 0 Å². The van der Waals surface area contributed by atoms with Gasteiger partial charge in [0, 0.05) is 17.4 Å². The first kappa shape index (κ1) is 20.6. The number of nitro benzene ring substituents is 1. The minimum absolute atomic E-state index is 0.112. The zero-order valence-electron chi connectivity index (χ0n) is 14.8. The van der Waals surface area contributed by atoms with Crippen LogP contribution in [0.5, 0.6) is 0 Å². The van der Waals surface area contributed by atoms with Crippen molar-refractivity contribution in [3.63, 3.8) is 0 Å². The number of nitrogens with one attached hydrogen (secondary N) is 2. The van der Waals surface area contributed by atoms with E-state index < -0.39 is 27.6 Å². The number of carbonyl (C=O) groups is 1. The van der Waals surface area contributed by atoms with E-state index >= 15 is 0 Å². The topological polar surface area (TPSA) is 110 Å². The van der Waals surface area contributed by atoms with Crippen molar-refractivity contribution in [3.8, 4) is 0 Å². The average molecular weight is 437 g/mol. The molecule has 1 aromatic heterocycles. The lowest BCUT2D eigenvalue weighted by atomic mass is 10.2. The van der Waals surface area contributed by atoms with Crippen LogP contribution in [0.2, 0.25) is 0 Å². The van der Waals surface area contributed by atoms with Gasteiger partial charge in [0.05, 0.1) is 10.2 Å². The maximum atomic E-state index is 13.4. The van der Waals surface area contributed by atoms with Gasteiger partial charge in [-0.1, -0.05) is 29.2 Å². The molecule has 3 aromatic rings. The van der Waals surface area contributed by atoms with Gasteiger partial charge >= 0.3 is 5.69 Å². The number of hydrogen-bond donors (Lipinski definition) is 2. The third-order valence-electron chi connectivity index (χ3n) is 3.54. The molecule has 0 saturated carbocycles. The molecule has 0 aliphatic rings. The minimum atomic E-state index is -0.984. The lowest BCUT2D eigenvalue weighted by Crippen LogP contribution is -2.22. The molecule has 0 fully saturated rings. The fraction of sp³-hybridized carbons (Fsp3) is 0.118. The van der Waals surface area contributed by atoms with Crippen molar-refractivity contribution in [2.75, 3.05) is 10.6 Å². The Hall–Kier alpha value is -3.12. The summed E-state index contributed by atoms with van der Waals surface area (Å²) in [7, 11) is 0. The first-order chi connectivity index (χ1) is 13.8. The second-order valence-corrected chi connectivity index (χ2v) is 8.25. The number of anilines is 3. The maximum Gasteiger partial charge on any atom is 0.306 e. The highest BCUT2D eigenvalue weighted by Crippen LogP contribution is 2.31. The molecule has 0 saturated heterocycles. The van der Waals surface area contributed by atoms with Crippen LogP contribution >= 0.6 is 23.1 Å². The largest absolute Gasteiger partial charge is 0.330 e. The molecule has 1 heterocycles. The Kier molecular flexibility index (Phi) is 6.34. The van der Waals surface area contributed by atoms with Gasteiger partial charge in [0.15, 0.2) is 4.34 Å². The van der Waals surface area contributed by atoms with E-state index in [1.165, 1.54) is 29.5 Å². The van der Waals surface area contributed by atoms with E-state index in [9.17, 15) is 23.7 Å². The summed E-state index contributed by atoms with van der Waals surface area (Å²) < 4.78 is 27.1. The summed E-state index contributed by atoms with van der Waals surface area (Å²) in [6.45, 7) is 1.62. The van der Waals surface area contributed by atoms with Crippen molar-refractivity contribution in [1.29, 1.82) is 0 Å². The van der Waals surface area contributed by atoms with Crippen molar-refractivity contribution in [1.82, 2.24) is 10.2 Å². The number of thioether (sulfide) groups is 1. The van der Waals surface area contributed by atoms with Crippen molar-refractivity contribution in [3.05, 3.63) is 64.2 Å². The van der Waals surface area contributed by atoms with E-state index in [-0.39, 0.29) is 11.5 Å². The number of benzene rings is 2. The first-order valence-corrected chi connectivity index (χ1v) is 9.79. The van der Waals surface area contributed by atoms with E-state index in [1.54, 1.807) is 19.1 Å². The smallest absolute Gasteiger partial charge is 0.306 e. The van der Waals surface area contributed by atoms with Gasteiger partial charge in [-0.2, -0.15) is 4.39 Å². The number of hydrogen-bond acceptors (Lipinski definition) is 8. The summed E-state index contributed by atoms with van der Waals surface area (Å²) in [5, 5.41) is 24.0. The van der Waals surface area contributed by atoms with Crippen LogP contribution in [0.4, 0.5) is 31.0 Å². The Balaban J connectivity index is 1.61. The minimum Gasteiger partial charge on any atom is -0.330 e. The monoisotopic (exact) mass is 437 g/mol. The molecule has 12 heteroatoms. The van der Waals surface area contributed by atoms with Crippen LogP contribution in [0.15, 0.2) is 46.8 Å². The number of carbonyl (C=O) groups excluding carboxylic acids is 1. The van der Waals surface area contributed by atoms with Gasteiger partial charge in [-0.15, -0.1) is 10.2 Å². The van der Waals surface area contributed by atoms with Crippen molar-refractivity contribution in [2.45, 2.75) is 16.5 Å². The molecule has 0 radical (unpaired) electrons. The van der Waals surface area contributed by atoms with Crippen LogP contribution < -0.4 is 10.6 Å². The molecule has 150 valence electrons. The molecular formula is C17H13F2N5O3S2. The van der Waals surface area contributed by atoms with Crippen LogP contribution in [0.25, 0.3) is 0 Å². The highest BCUT2D eigenvalue weighted by Gasteiger charge is 2.20. The summed E-state index contributed by atoms with van der Waals surface area (Å²) in [5.41, 5.74) is -0.0945. The predicted octanol–water partition coefficient (Wildman–Crippen LogP) is 4.59. The average Bonchev–Trinajstić information content (AvgIpc) is 3.09. The highest BCUT2D eigenvalue weighted by molar-refractivity contribution is 8.02. The molecule has 0 spiro atoms. The van der Waals surface area contributed by atoms with Gasteiger partial charge in [0.2, 0.25) is 16.9 Å². The molecule has 0 aliphatic heterocycles. The second-order valence-electron chi connectivity index (χ2n) is 5.68. The van der Waals surface area contributed by atoms with Gasteiger partial charge in [-0.05, 0) is 37.3 Å². The molecular weight excluding hydrogens is 424 g/mol. The SMILES string of the molecule is CC(Sc1nnc(Nc2cccc(F)c2)s1)C(=O)Nc1ccc(F)c([N+](=O)[O-])c1. The molecule has 2 aromatic carbocycles. The van der Waals surface area contributed by atoms with E-state index in [1.807, 2.05) is 0 Å². The van der Waals surface area contributed by atoms with E-state index in [0.29, 0.717) is 15.2 Å². The molecule has 0 bridgehead atoms. The van der Waals surface area contributed by atoms with Crippen LogP contribution in [0.3, 0.4) is 0 Å². The number of halogens is 2. The second kappa shape index (κ2) is 8.92. The summed E-state index contributed by atoms with van der Waals surface area (Å²) >= 11 is 2.31. The van der Waals surface area contributed by atoms with Crippen LogP contribution in [0.1, 0.15) is 6.92 Å². The van der Waals surface area contributed by atoms with Gasteiger partial charge in [-0.3, -0.25) is 14.9 Å². The van der Waals surface area contributed by atoms with Gasteiger partial charge < -0.3 is 10.6 Å². The Bertz CT molecular complexity index is 1060. The fourth-order valence-electron chi connectivity index (χ4n) is 2.18. The molecule has 3 rings (SSSR count). The van der Waals surface area contributed by atoms with E-state index in [0.717, 1.165) is 23.9 Å². The Morgan fingerprint density at radius 2 is 2.00 bits per heavy atom. The van der Waals surface area contributed by atoms with Gasteiger partial charge in [0.25, 0.3) is 0 Å². The standard InChI is InChI=1S/C17H13F2N5O3S2/c1-9(15(25)20-12-5-6-13(19)14(8-12)24(26)27)28-17-23-22-16(29-17)21-11-4-2-3-10(18)7-11/h2-9H,1H3,(H,20,25)(H,21,22). The Morgan fingerprint density at radius 1 is 1.21 bits per heavy atom. The lowest BCUT2D eigenvalue weighted by molar-refractivity contribution is -0.387. The predicted molar refractivity (Wildman–Crippen MR) is 107 cm³/mol. The third kappa shape index (κ3) is 5.45. The summed E-state index contributed by atoms with van der Waals surface area (Å²) in [6.07, 6.45) is 0. The van der Waals surface area contributed by atoms with Crippen LogP contribution in [-0.2, 0) is 4.79 Å². The molecule has 1 unspecified atom stereocenters. The number of aromatic nitrogens is 2. The van der Waals surface area contributed by atoms with Crippen molar-refractivity contribution < 1.29 is 18.5 Å². The molecule has 8 nitrogen and oxygen atoms in total. The first-order valence-electron chi connectivity index (χ1n) is 8.09. The molecule has 0 aliphatic carbocycles. The third-order valence-corrected chi connectivity index (χ3v) is 5.56. The Labute approximate surface area is 171 Å². The zero-order chi connectivity index (χ0) is 21.0. The summed E-state index contributed by atoms with van der Waals surface area (Å²) in [4.78, 5) is 22.3. The molecule has 1 atom stereocenters. The molecule has 2 N–H and O–H groups in total. The van der Waals surface area contributed by atoms with Gasteiger partial charge in [0.1, 0.15) is 5.82 Å². The zero-order valence-corrected chi connectivity index (χ0v) is 16.4. The normalized spacial score (nSPS) is 11.7. The maximum absolute atomic E-state index is 13.4. The van der Waals surface area contributed by atoms with E-state index in [2.05, 4.69) is 20.8 Å². The van der Waals surface area contributed by atoms with Gasteiger partial charge in [-0.25, -0.2) is 4.39 Å². The van der Waals surface area contributed by atoms with Crippen LogP contribution in [-0.4, -0.2) is 26.3 Å². The molecule has 29 heavy (non-hydrogen) atoms. The lowest BCUT2D eigenvalue weighted by Gasteiger charge is -2.10. The van der Waals surface area contributed by atoms with Crippen molar-refractivity contribution >= 4 is 51.2 Å². The Morgan fingerprint density at radius 3 is 2.72 bits per heavy atom. The number of nitrogens with zero attached hydrogens (tertiary/aromatic N) is 3. The number of amides is 1. The fourth-order valence-corrected chi connectivity index (χ4v) is 4.09. The highest BCUT2D eigenvalue weighted by atomic mass is 32.2. The van der Waals surface area contributed by atoms with Crippen LogP contribution in [0, 0.1) is 21.7 Å². The number of nitro groups is 1. The van der Waals surface area contributed by atoms with E-state index in [4.69, 9.17) is 0 Å².